The molecule has 0 spiro atoms. The van der Waals surface area contributed by atoms with Crippen LogP contribution < -0.4 is 6.15 Å². The largest absolute Gasteiger partial charge is 0.344 e. The van der Waals surface area contributed by atoms with Gasteiger partial charge in [-0.2, -0.15) is 10.2 Å². The minimum Gasteiger partial charge on any atom is -0.344 e. The maximum absolute atomic E-state index is 3.83. The molecule has 0 unspecified atom stereocenters. The molecule has 3 nitrogen and oxygen atoms in total. The summed E-state index contributed by atoms with van der Waals surface area (Å²) >= 11 is 0. The predicted molar refractivity (Wildman–Crippen MR) is 35.7 cm³/mol. The van der Waals surface area contributed by atoms with E-state index in [1.807, 2.05) is 24.3 Å². The van der Waals surface area contributed by atoms with E-state index in [-0.39, 0.29) is 6.15 Å². The molecular weight excluding hydrogens is 114 g/mol. The third-order valence-electron chi connectivity index (χ3n) is 1.13. The molecule has 3 N–H and O–H groups in total. The van der Waals surface area contributed by atoms with Crippen molar-refractivity contribution in [2.75, 3.05) is 0 Å². The second kappa shape index (κ2) is 1.95. The van der Waals surface area contributed by atoms with Crippen LogP contribution in [-0.2, 0) is 0 Å². The topological polar surface area (TPSA) is 60.8 Å². The molecule has 2 bridgehead atoms. The van der Waals surface area contributed by atoms with Crippen LogP contribution in [-0.4, -0.2) is 10.2 Å². The molecular formula is C6H7N3. The van der Waals surface area contributed by atoms with Crippen molar-refractivity contribution in [3.63, 3.8) is 0 Å². The Hall–Kier alpha value is -1.22. The average molecular weight is 121 g/mol. The summed E-state index contributed by atoms with van der Waals surface area (Å²) in [4.78, 5) is 0. The lowest BCUT2D eigenvalue weighted by atomic mass is 10.3. The normalized spacial score (nSPS) is 9.33. The molecule has 0 aliphatic rings. The Labute approximate surface area is 52.6 Å². The molecule has 0 atom stereocenters. The van der Waals surface area contributed by atoms with Crippen LogP contribution in [0.5, 0.6) is 0 Å². The Morgan fingerprint density at radius 1 is 0.778 bits per heavy atom. The number of hydrogen-bond acceptors (Lipinski definition) is 3. The van der Waals surface area contributed by atoms with E-state index in [9.17, 15) is 0 Å². The fourth-order valence-electron chi connectivity index (χ4n) is 0.701. The van der Waals surface area contributed by atoms with Gasteiger partial charge in [0.2, 0.25) is 0 Å². The zero-order valence-corrected chi connectivity index (χ0v) is 4.91. The van der Waals surface area contributed by atoms with E-state index in [1.54, 1.807) is 0 Å². The zero-order valence-electron chi connectivity index (χ0n) is 4.91. The van der Waals surface area contributed by atoms with Gasteiger partial charge in [-0.25, -0.2) is 0 Å². The molecule has 3 heteroatoms. The standard InChI is InChI=1S/C6H4N2.H3N/c1-2-6-4-3-5(1)7-8-6;/h1-4H;1H3. The number of benzene rings is 1. The molecule has 3 aromatic rings. The van der Waals surface area contributed by atoms with Crippen LogP contribution in [0.15, 0.2) is 24.3 Å². The molecule has 46 valence electrons. The molecule has 0 fully saturated rings. The van der Waals surface area contributed by atoms with Crippen molar-refractivity contribution in [1.82, 2.24) is 16.3 Å². The summed E-state index contributed by atoms with van der Waals surface area (Å²) in [6.07, 6.45) is 0. The van der Waals surface area contributed by atoms with Gasteiger partial charge in [0, 0.05) is 0 Å². The van der Waals surface area contributed by atoms with Crippen LogP contribution in [0.4, 0.5) is 0 Å². The lowest BCUT2D eigenvalue weighted by Gasteiger charge is -1.90. The van der Waals surface area contributed by atoms with E-state index in [4.69, 9.17) is 0 Å². The van der Waals surface area contributed by atoms with Gasteiger partial charge in [-0.1, -0.05) is 0 Å². The SMILES string of the molecule is N.c1cc2ccc1nn2. The Bertz CT molecular complexity index is 203. The van der Waals surface area contributed by atoms with Gasteiger partial charge in [-0.05, 0) is 24.3 Å². The Kier molecular flexibility index (Phi) is 1.28. The highest BCUT2D eigenvalue weighted by atomic mass is 15.1. The quantitative estimate of drug-likeness (QED) is 0.570. The van der Waals surface area contributed by atoms with Crippen LogP contribution in [0.1, 0.15) is 0 Å². The maximum Gasteiger partial charge on any atom is 0.0858 e. The first-order chi connectivity index (χ1) is 3.95. The van der Waals surface area contributed by atoms with Crippen LogP contribution in [0.25, 0.3) is 11.0 Å². The predicted octanol–water partition coefficient (Wildman–Crippen LogP) is 1.23. The number of hydrogen-bond donors (Lipinski definition) is 1. The van der Waals surface area contributed by atoms with Crippen LogP contribution in [0, 0.1) is 0 Å². The molecule has 3 rings (SSSR count). The third kappa shape index (κ3) is 0.816. The molecule has 2 heterocycles. The van der Waals surface area contributed by atoms with E-state index < -0.39 is 0 Å². The summed E-state index contributed by atoms with van der Waals surface area (Å²) in [5.41, 5.74) is 1.89. The fraction of sp³-hybridized carbons (Fsp3) is 0. The van der Waals surface area contributed by atoms with Gasteiger partial charge in [0.25, 0.3) is 0 Å². The summed E-state index contributed by atoms with van der Waals surface area (Å²) in [5.74, 6) is 0. The molecule has 0 saturated carbocycles. The van der Waals surface area contributed by atoms with E-state index in [2.05, 4.69) is 10.2 Å². The lowest BCUT2D eigenvalue weighted by Crippen LogP contribution is -1.82. The lowest BCUT2D eigenvalue weighted by molar-refractivity contribution is 1.10. The van der Waals surface area contributed by atoms with Crippen molar-refractivity contribution in [2.45, 2.75) is 0 Å². The van der Waals surface area contributed by atoms with Crippen LogP contribution >= 0.6 is 0 Å². The number of aromatic nitrogens is 2. The Morgan fingerprint density at radius 2 is 1.11 bits per heavy atom. The average Bonchev–Trinajstić information content (AvgIpc) is 1.92. The zero-order chi connectivity index (χ0) is 5.40. The van der Waals surface area contributed by atoms with Crippen LogP contribution in [0.2, 0.25) is 0 Å². The fourth-order valence-corrected chi connectivity index (χ4v) is 0.701. The molecule has 0 aliphatic heterocycles. The number of fused-ring (bicyclic) bond motifs is 3. The first-order valence-electron chi connectivity index (χ1n) is 2.47. The monoisotopic (exact) mass is 121 g/mol. The molecule has 2 aromatic heterocycles. The van der Waals surface area contributed by atoms with E-state index in [0.29, 0.717) is 0 Å². The van der Waals surface area contributed by atoms with E-state index in [0.717, 1.165) is 11.0 Å². The first-order valence-corrected chi connectivity index (χ1v) is 2.47. The number of nitrogens with zero attached hydrogens (tertiary/aromatic N) is 2. The molecule has 1 aromatic carbocycles. The minimum atomic E-state index is 0. The third-order valence-corrected chi connectivity index (χ3v) is 1.13. The summed E-state index contributed by atoms with van der Waals surface area (Å²) in [7, 11) is 0. The summed E-state index contributed by atoms with van der Waals surface area (Å²) in [5, 5.41) is 7.66. The molecule has 9 heavy (non-hydrogen) atoms. The Morgan fingerprint density at radius 3 is 1.22 bits per heavy atom. The van der Waals surface area contributed by atoms with Gasteiger partial charge in [-0.15, -0.1) is 0 Å². The summed E-state index contributed by atoms with van der Waals surface area (Å²) in [6.45, 7) is 0. The molecule has 0 aliphatic carbocycles. The molecule has 0 amide bonds. The first kappa shape index (κ1) is 5.91. The van der Waals surface area contributed by atoms with Gasteiger partial charge < -0.3 is 6.15 Å². The van der Waals surface area contributed by atoms with Crippen LogP contribution in [0.3, 0.4) is 0 Å². The van der Waals surface area contributed by atoms with Gasteiger partial charge >= 0.3 is 0 Å². The highest BCUT2D eigenvalue weighted by molar-refractivity contribution is 5.57. The highest BCUT2D eigenvalue weighted by Gasteiger charge is 1.87. The van der Waals surface area contributed by atoms with E-state index in [1.165, 1.54) is 0 Å². The minimum absolute atomic E-state index is 0. The highest BCUT2D eigenvalue weighted by Crippen LogP contribution is 2.02. The van der Waals surface area contributed by atoms with Crippen molar-refractivity contribution in [2.24, 2.45) is 0 Å². The van der Waals surface area contributed by atoms with Gasteiger partial charge in [0.15, 0.2) is 0 Å². The van der Waals surface area contributed by atoms with Crippen molar-refractivity contribution in [1.29, 1.82) is 0 Å². The van der Waals surface area contributed by atoms with Crippen molar-refractivity contribution in [3.05, 3.63) is 24.3 Å². The second-order valence-electron chi connectivity index (χ2n) is 1.72. The van der Waals surface area contributed by atoms with Gasteiger partial charge in [0.1, 0.15) is 0 Å². The maximum atomic E-state index is 3.83. The molecule has 0 saturated heterocycles. The van der Waals surface area contributed by atoms with Gasteiger partial charge in [-0.3, -0.25) is 0 Å². The van der Waals surface area contributed by atoms with Crippen molar-refractivity contribution < 1.29 is 0 Å². The summed E-state index contributed by atoms with van der Waals surface area (Å²) in [6, 6.07) is 7.79. The number of rotatable bonds is 0. The Balaban J connectivity index is 0.000000405. The van der Waals surface area contributed by atoms with Gasteiger partial charge in [0.05, 0.1) is 11.0 Å². The van der Waals surface area contributed by atoms with Crippen molar-refractivity contribution >= 4 is 11.0 Å². The van der Waals surface area contributed by atoms with E-state index >= 15 is 0 Å². The smallest absolute Gasteiger partial charge is 0.0858 e. The summed E-state index contributed by atoms with van der Waals surface area (Å²) < 4.78 is 0. The van der Waals surface area contributed by atoms with Crippen molar-refractivity contribution in [3.8, 4) is 0 Å². The second-order valence-corrected chi connectivity index (χ2v) is 1.72. The molecule has 0 radical (unpaired) electrons.